The van der Waals surface area contributed by atoms with Gasteiger partial charge in [-0.3, -0.25) is 18.8 Å². The summed E-state index contributed by atoms with van der Waals surface area (Å²) < 4.78 is 1.53. The fraction of sp³-hybridized carbons (Fsp3) is 0.333. The molecule has 19 heavy (non-hydrogen) atoms. The Morgan fingerprint density at radius 3 is 2.74 bits per heavy atom. The fourth-order valence-electron chi connectivity index (χ4n) is 2.31. The van der Waals surface area contributed by atoms with Gasteiger partial charge in [0.2, 0.25) is 5.78 Å². The predicted molar refractivity (Wildman–Crippen MR) is 69.8 cm³/mol. The minimum Gasteiger partial charge on any atom is -0.298 e. The van der Waals surface area contributed by atoms with E-state index in [1.807, 2.05) is 0 Å². The van der Waals surface area contributed by atoms with Crippen LogP contribution in [0, 0.1) is 5.92 Å². The molecule has 2 aromatic rings. The molecule has 0 atom stereocenters. The van der Waals surface area contributed by atoms with Gasteiger partial charge in [-0.2, -0.15) is 0 Å². The molecule has 0 spiro atoms. The average Bonchev–Trinajstić information content (AvgIpc) is 2.87. The van der Waals surface area contributed by atoms with Gasteiger partial charge in [0.25, 0.3) is 0 Å². The van der Waals surface area contributed by atoms with Gasteiger partial charge in [0, 0.05) is 24.4 Å². The van der Waals surface area contributed by atoms with E-state index in [9.17, 15) is 14.4 Å². The van der Waals surface area contributed by atoms with Gasteiger partial charge in [0.05, 0.1) is 0 Å². The van der Waals surface area contributed by atoms with Gasteiger partial charge in [-0.25, -0.2) is 4.98 Å². The first-order chi connectivity index (χ1) is 9.09. The van der Waals surface area contributed by atoms with E-state index < -0.39 is 11.7 Å². The molecule has 7 heteroatoms. The molecule has 0 amide bonds. The van der Waals surface area contributed by atoms with Crippen molar-refractivity contribution < 1.29 is 14.4 Å². The molecule has 5 nitrogen and oxygen atoms in total. The highest BCUT2D eigenvalue weighted by Crippen LogP contribution is 2.27. The highest BCUT2D eigenvalue weighted by molar-refractivity contribution is 7.15. The number of ketones is 3. The molecule has 0 radical (unpaired) electrons. The molecular weight excluding hydrogens is 288 g/mol. The SMILES string of the molecule is O=C1CCCC(=O)C1C(=O)c1c(Cl)nc2sccn12. The summed E-state index contributed by atoms with van der Waals surface area (Å²) in [4.78, 5) is 40.7. The number of imidazole rings is 1. The van der Waals surface area contributed by atoms with E-state index in [1.165, 1.54) is 15.7 Å². The Kier molecular flexibility index (Phi) is 2.99. The number of thiazole rings is 1. The lowest BCUT2D eigenvalue weighted by molar-refractivity contribution is -0.133. The van der Waals surface area contributed by atoms with Gasteiger partial charge in [-0.15, -0.1) is 11.3 Å². The highest BCUT2D eigenvalue weighted by atomic mass is 35.5. The first kappa shape index (κ1) is 12.5. The normalized spacial score (nSPS) is 17.3. The molecule has 98 valence electrons. The molecule has 3 rings (SSSR count). The molecular formula is C12H9ClN2O3S. The lowest BCUT2D eigenvalue weighted by Gasteiger charge is -2.17. The third kappa shape index (κ3) is 1.91. The lowest BCUT2D eigenvalue weighted by atomic mass is 9.83. The summed E-state index contributed by atoms with van der Waals surface area (Å²) in [5, 5.41) is 1.81. The first-order valence-electron chi connectivity index (χ1n) is 5.80. The monoisotopic (exact) mass is 296 g/mol. The third-order valence-electron chi connectivity index (χ3n) is 3.21. The molecule has 1 aliphatic rings. The van der Waals surface area contributed by atoms with E-state index in [2.05, 4.69) is 4.98 Å². The number of Topliss-reactive ketones (excluding diaryl/α,β-unsaturated/α-hetero) is 3. The smallest absolute Gasteiger partial charge is 0.200 e. The van der Waals surface area contributed by atoms with Crippen LogP contribution in [0.15, 0.2) is 11.6 Å². The second kappa shape index (κ2) is 4.54. The van der Waals surface area contributed by atoms with Gasteiger partial charge in [-0.1, -0.05) is 11.6 Å². The van der Waals surface area contributed by atoms with Crippen LogP contribution in [0.25, 0.3) is 4.96 Å². The Labute approximate surface area is 117 Å². The van der Waals surface area contributed by atoms with Crippen molar-refractivity contribution in [3.8, 4) is 0 Å². The van der Waals surface area contributed by atoms with Crippen LogP contribution in [-0.2, 0) is 9.59 Å². The van der Waals surface area contributed by atoms with Crippen LogP contribution in [-0.4, -0.2) is 26.7 Å². The minimum absolute atomic E-state index is 0.0445. The van der Waals surface area contributed by atoms with E-state index in [-0.39, 0.29) is 35.3 Å². The summed E-state index contributed by atoms with van der Waals surface area (Å²) in [6.07, 6.45) is 2.72. The third-order valence-corrected chi connectivity index (χ3v) is 4.23. The summed E-state index contributed by atoms with van der Waals surface area (Å²) >= 11 is 7.28. The number of aromatic nitrogens is 2. The summed E-state index contributed by atoms with van der Waals surface area (Å²) in [5.74, 6) is -2.37. The van der Waals surface area contributed by atoms with E-state index in [4.69, 9.17) is 11.6 Å². The van der Waals surface area contributed by atoms with Crippen molar-refractivity contribution >= 4 is 45.2 Å². The first-order valence-corrected chi connectivity index (χ1v) is 7.06. The zero-order valence-electron chi connectivity index (χ0n) is 9.76. The predicted octanol–water partition coefficient (Wildman–Crippen LogP) is 2.17. The Morgan fingerprint density at radius 1 is 1.37 bits per heavy atom. The Bertz CT molecular complexity index is 687. The van der Waals surface area contributed by atoms with Crippen molar-refractivity contribution in [2.45, 2.75) is 19.3 Å². The molecule has 0 aromatic carbocycles. The summed E-state index contributed by atoms with van der Waals surface area (Å²) in [5.41, 5.74) is 0.131. The van der Waals surface area contributed by atoms with Crippen LogP contribution in [0.2, 0.25) is 5.15 Å². The fourth-order valence-corrected chi connectivity index (χ4v) is 3.34. The van der Waals surface area contributed by atoms with Gasteiger partial charge in [-0.05, 0) is 6.42 Å². The standard InChI is InChI=1S/C12H9ClN2O3S/c13-11-9(15-4-5-19-12(15)14-11)10(18)8-6(16)2-1-3-7(8)17/h4-5,8H,1-3H2. The molecule has 0 aliphatic heterocycles. The maximum Gasteiger partial charge on any atom is 0.200 e. The number of fused-ring (bicyclic) bond motifs is 1. The molecule has 0 unspecified atom stereocenters. The maximum absolute atomic E-state index is 12.4. The molecule has 1 aliphatic carbocycles. The van der Waals surface area contributed by atoms with Gasteiger partial charge in [0.1, 0.15) is 11.6 Å². The quantitative estimate of drug-likeness (QED) is 0.629. The Hall–Kier alpha value is -1.53. The lowest BCUT2D eigenvalue weighted by Crippen LogP contribution is -2.35. The Balaban J connectivity index is 2.08. The molecule has 0 bridgehead atoms. The van der Waals surface area contributed by atoms with Crippen molar-refractivity contribution in [3.63, 3.8) is 0 Å². The number of halogens is 1. The number of nitrogens with zero attached hydrogens (tertiary/aromatic N) is 2. The molecule has 0 N–H and O–H groups in total. The van der Waals surface area contributed by atoms with Crippen molar-refractivity contribution in [2.24, 2.45) is 5.92 Å². The van der Waals surface area contributed by atoms with E-state index in [0.717, 1.165) is 0 Å². The maximum atomic E-state index is 12.4. The van der Waals surface area contributed by atoms with Crippen LogP contribution in [0.1, 0.15) is 29.8 Å². The van der Waals surface area contributed by atoms with Crippen molar-refractivity contribution in [2.75, 3.05) is 0 Å². The summed E-state index contributed by atoms with van der Waals surface area (Å²) in [6.45, 7) is 0. The zero-order valence-corrected chi connectivity index (χ0v) is 11.3. The number of carbonyl (C=O) groups excluding carboxylic acids is 3. The van der Waals surface area contributed by atoms with Gasteiger partial charge >= 0.3 is 0 Å². The minimum atomic E-state index is -1.20. The second-order valence-corrected chi connectivity index (χ2v) is 5.62. The number of hydrogen-bond acceptors (Lipinski definition) is 5. The molecule has 2 heterocycles. The Morgan fingerprint density at radius 2 is 2.05 bits per heavy atom. The molecule has 0 saturated heterocycles. The highest BCUT2D eigenvalue weighted by Gasteiger charge is 2.38. The topological polar surface area (TPSA) is 68.5 Å². The second-order valence-electron chi connectivity index (χ2n) is 4.39. The zero-order chi connectivity index (χ0) is 13.6. The number of rotatable bonds is 2. The van der Waals surface area contributed by atoms with E-state index in [1.54, 1.807) is 11.6 Å². The number of hydrogen-bond donors (Lipinski definition) is 0. The van der Waals surface area contributed by atoms with Gasteiger partial charge in [0.15, 0.2) is 21.7 Å². The van der Waals surface area contributed by atoms with Crippen molar-refractivity contribution in [1.82, 2.24) is 9.38 Å². The summed E-state index contributed by atoms with van der Waals surface area (Å²) in [6, 6.07) is 0. The van der Waals surface area contributed by atoms with Crippen LogP contribution in [0.3, 0.4) is 0 Å². The van der Waals surface area contributed by atoms with Crippen LogP contribution in [0.5, 0.6) is 0 Å². The average molecular weight is 297 g/mol. The number of carbonyl (C=O) groups is 3. The largest absolute Gasteiger partial charge is 0.298 e. The summed E-state index contributed by atoms with van der Waals surface area (Å²) in [7, 11) is 0. The molecule has 1 saturated carbocycles. The van der Waals surface area contributed by atoms with Crippen molar-refractivity contribution in [3.05, 3.63) is 22.4 Å². The van der Waals surface area contributed by atoms with Crippen LogP contribution < -0.4 is 0 Å². The van der Waals surface area contributed by atoms with Gasteiger partial charge < -0.3 is 0 Å². The van der Waals surface area contributed by atoms with E-state index >= 15 is 0 Å². The van der Waals surface area contributed by atoms with E-state index in [0.29, 0.717) is 11.4 Å². The molecule has 1 fully saturated rings. The van der Waals surface area contributed by atoms with Crippen molar-refractivity contribution in [1.29, 1.82) is 0 Å². The van der Waals surface area contributed by atoms with Crippen LogP contribution in [0.4, 0.5) is 0 Å². The molecule has 2 aromatic heterocycles. The van der Waals surface area contributed by atoms with Crippen LogP contribution >= 0.6 is 22.9 Å².